The molecule has 0 saturated heterocycles. The van der Waals surface area contributed by atoms with Gasteiger partial charge in [-0.05, 0) is 66.5 Å². The summed E-state index contributed by atoms with van der Waals surface area (Å²) in [6.07, 6.45) is 5.51. The lowest BCUT2D eigenvalue weighted by Crippen LogP contribution is -2.29. The molecule has 0 N–H and O–H groups in total. The second kappa shape index (κ2) is 15.6. The molecule has 3 aromatic rings. The van der Waals surface area contributed by atoms with Crippen molar-refractivity contribution in [3.05, 3.63) is 96.1 Å². The number of anilines is 1. The van der Waals surface area contributed by atoms with E-state index in [1.54, 1.807) is 0 Å². The van der Waals surface area contributed by atoms with Crippen molar-refractivity contribution in [2.45, 2.75) is 51.0 Å². The van der Waals surface area contributed by atoms with Crippen LogP contribution in [-0.2, 0) is 0 Å². The molecule has 0 heterocycles. The normalized spacial score (nSPS) is 11.6. The first-order valence-electron chi connectivity index (χ1n) is 12.5. The molecule has 0 aliphatic rings. The van der Waals surface area contributed by atoms with Crippen LogP contribution in [0.4, 0.5) is 11.4 Å². The quantitative estimate of drug-likeness (QED) is 0.112. The standard InChI is InChI=1S/C30H36N2S.CH5P/c1-6-8-19-33-29-21-26(24(4)25-15-11-9-12-16-25)20-27(30(29)32(5)23(3)7-2)22-31-28-17-13-10-14-18-28;1-2/h9-18,20-23H,4,6-8,19H2,1-3,5H3;2H2,1H3. The summed E-state index contributed by atoms with van der Waals surface area (Å²) in [5.74, 6) is 1.11. The first-order valence-corrected chi connectivity index (χ1v) is 14.6. The molecule has 0 radical (unpaired) electrons. The Morgan fingerprint density at radius 3 is 2.23 bits per heavy atom. The molecule has 186 valence electrons. The summed E-state index contributed by atoms with van der Waals surface area (Å²) in [6, 6.07) is 25.6. The van der Waals surface area contributed by atoms with E-state index in [0.29, 0.717) is 6.04 Å². The summed E-state index contributed by atoms with van der Waals surface area (Å²) in [6.45, 7) is 13.1. The maximum absolute atomic E-state index is 4.82. The fourth-order valence-electron chi connectivity index (χ4n) is 3.67. The monoisotopic (exact) mass is 504 g/mol. The molecule has 0 aliphatic carbocycles. The summed E-state index contributed by atoms with van der Waals surface area (Å²) in [7, 11) is 4.62. The van der Waals surface area contributed by atoms with Crippen LogP contribution in [-0.4, -0.2) is 31.7 Å². The van der Waals surface area contributed by atoms with Gasteiger partial charge in [-0.2, -0.15) is 0 Å². The van der Waals surface area contributed by atoms with Gasteiger partial charge in [-0.25, -0.2) is 0 Å². The Balaban J connectivity index is 0.00000210. The molecule has 2 unspecified atom stereocenters. The highest BCUT2D eigenvalue weighted by atomic mass is 32.2. The van der Waals surface area contributed by atoms with E-state index in [2.05, 4.69) is 84.9 Å². The predicted octanol–water partition coefficient (Wildman–Crippen LogP) is 9.12. The minimum absolute atomic E-state index is 0.433. The molecule has 0 saturated carbocycles. The molecule has 35 heavy (non-hydrogen) atoms. The van der Waals surface area contributed by atoms with E-state index in [1.807, 2.05) is 61.0 Å². The van der Waals surface area contributed by atoms with E-state index in [4.69, 9.17) is 4.99 Å². The Kier molecular flexibility index (Phi) is 12.9. The average Bonchev–Trinajstić information content (AvgIpc) is 2.92. The van der Waals surface area contributed by atoms with Crippen molar-refractivity contribution in [3.63, 3.8) is 0 Å². The van der Waals surface area contributed by atoms with Crippen LogP contribution < -0.4 is 4.90 Å². The maximum atomic E-state index is 4.82. The zero-order valence-electron chi connectivity index (χ0n) is 22.0. The highest BCUT2D eigenvalue weighted by Gasteiger charge is 2.19. The molecule has 0 amide bonds. The van der Waals surface area contributed by atoms with Gasteiger partial charge in [-0.15, -0.1) is 21.0 Å². The maximum Gasteiger partial charge on any atom is 0.0629 e. The van der Waals surface area contributed by atoms with Crippen molar-refractivity contribution < 1.29 is 0 Å². The summed E-state index contributed by atoms with van der Waals surface area (Å²) in [5.41, 5.74) is 6.69. The Labute approximate surface area is 220 Å². The smallest absolute Gasteiger partial charge is 0.0629 e. The number of benzene rings is 3. The van der Waals surface area contributed by atoms with Gasteiger partial charge in [0.2, 0.25) is 0 Å². The number of rotatable bonds is 11. The number of hydrogen-bond acceptors (Lipinski definition) is 3. The number of nitrogens with zero attached hydrogens (tertiary/aromatic N) is 2. The molecule has 3 rings (SSSR count). The Morgan fingerprint density at radius 1 is 1.00 bits per heavy atom. The second-order valence-corrected chi connectivity index (χ2v) is 9.56. The second-order valence-electron chi connectivity index (χ2n) is 8.42. The first kappa shape index (κ1) is 28.9. The van der Waals surface area contributed by atoms with Gasteiger partial charge in [0.1, 0.15) is 0 Å². The minimum atomic E-state index is 0.433. The van der Waals surface area contributed by atoms with Gasteiger partial charge in [0.15, 0.2) is 0 Å². The van der Waals surface area contributed by atoms with E-state index in [9.17, 15) is 0 Å². The van der Waals surface area contributed by atoms with Crippen molar-refractivity contribution >= 4 is 44.2 Å². The molecule has 4 heteroatoms. The van der Waals surface area contributed by atoms with E-state index in [1.165, 1.54) is 23.4 Å². The third kappa shape index (κ3) is 8.37. The van der Waals surface area contributed by atoms with Gasteiger partial charge in [-0.1, -0.05) is 82.0 Å². The van der Waals surface area contributed by atoms with Crippen molar-refractivity contribution in [2.75, 3.05) is 24.4 Å². The van der Waals surface area contributed by atoms with Crippen molar-refractivity contribution in [1.82, 2.24) is 0 Å². The lowest BCUT2D eigenvalue weighted by molar-refractivity contribution is 0.659. The lowest BCUT2D eigenvalue weighted by Gasteiger charge is -2.30. The fraction of sp³-hybridized carbons (Fsp3) is 0.323. The molecule has 0 fully saturated rings. The molecule has 2 nitrogen and oxygen atoms in total. The largest absolute Gasteiger partial charge is 0.370 e. The average molecular weight is 505 g/mol. The molecular weight excluding hydrogens is 463 g/mol. The fourth-order valence-corrected chi connectivity index (χ4v) is 4.94. The number of thioether (sulfide) groups is 1. The SMILES string of the molecule is C=C(c1ccccc1)c1cc(C=Nc2ccccc2)c(N(C)C(C)CC)c(SCCCC)c1.CP. The van der Waals surface area contributed by atoms with Crippen LogP contribution in [0.3, 0.4) is 0 Å². The highest BCUT2D eigenvalue weighted by Crippen LogP contribution is 2.38. The van der Waals surface area contributed by atoms with Gasteiger partial charge in [0.25, 0.3) is 0 Å². The van der Waals surface area contributed by atoms with Crippen LogP contribution >= 0.6 is 21.0 Å². The predicted molar refractivity (Wildman–Crippen MR) is 164 cm³/mol. The molecule has 0 bridgehead atoms. The van der Waals surface area contributed by atoms with Crippen LogP contribution in [0.1, 0.15) is 56.7 Å². The van der Waals surface area contributed by atoms with Crippen LogP contribution in [0, 0.1) is 0 Å². The van der Waals surface area contributed by atoms with Gasteiger partial charge in [0.05, 0.1) is 11.4 Å². The van der Waals surface area contributed by atoms with Crippen LogP contribution in [0.5, 0.6) is 0 Å². The highest BCUT2D eigenvalue weighted by molar-refractivity contribution is 7.99. The van der Waals surface area contributed by atoms with Crippen molar-refractivity contribution in [3.8, 4) is 0 Å². The van der Waals surface area contributed by atoms with Crippen molar-refractivity contribution in [2.24, 2.45) is 4.99 Å². The Morgan fingerprint density at radius 2 is 1.63 bits per heavy atom. The van der Waals surface area contributed by atoms with Crippen molar-refractivity contribution in [1.29, 1.82) is 0 Å². The van der Waals surface area contributed by atoms with E-state index in [-0.39, 0.29) is 0 Å². The summed E-state index contributed by atoms with van der Waals surface area (Å²) < 4.78 is 0. The Bertz CT molecular complexity index is 1060. The molecule has 2 atom stereocenters. The third-order valence-corrected chi connectivity index (χ3v) is 7.16. The molecule has 3 aromatic carbocycles. The van der Waals surface area contributed by atoms with Crippen LogP contribution in [0.2, 0.25) is 0 Å². The van der Waals surface area contributed by atoms with Gasteiger partial charge in [-0.3, -0.25) is 4.99 Å². The van der Waals surface area contributed by atoms with Gasteiger partial charge < -0.3 is 4.90 Å². The third-order valence-electron chi connectivity index (χ3n) is 6.04. The molecule has 0 aliphatic heterocycles. The Hall–Kier alpha value is -2.35. The van der Waals surface area contributed by atoms with Gasteiger partial charge in [0, 0.05) is 29.8 Å². The van der Waals surface area contributed by atoms with Gasteiger partial charge >= 0.3 is 0 Å². The van der Waals surface area contributed by atoms with E-state index >= 15 is 0 Å². The minimum Gasteiger partial charge on any atom is -0.370 e. The number of para-hydroxylation sites is 1. The summed E-state index contributed by atoms with van der Waals surface area (Å²) in [5, 5.41) is 0. The molecular formula is C31H41N2PS. The first-order chi connectivity index (χ1) is 17.0. The van der Waals surface area contributed by atoms with E-state index < -0.39 is 0 Å². The topological polar surface area (TPSA) is 15.6 Å². The van der Waals surface area contributed by atoms with E-state index in [0.717, 1.165) is 40.1 Å². The number of aliphatic imine (C=N–C) groups is 1. The number of unbranched alkanes of at least 4 members (excludes halogenated alkanes) is 1. The number of hydrogen-bond donors (Lipinski definition) is 0. The van der Waals surface area contributed by atoms with Crippen LogP contribution in [0.15, 0.2) is 89.3 Å². The molecule has 0 spiro atoms. The van der Waals surface area contributed by atoms with Crippen LogP contribution in [0.25, 0.3) is 5.57 Å². The lowest BCUT2D eigenvalue weighted by atomic mass is 9.96. The zero-order chi connectivity index (χ0) is 25.6. The molecule has 0 aromatic heterocycles. The summed E-state index contributed by atoms with van der Waals surface area (Å²) in [4.78, 5) is 8.54. The zero-order valence-corrected chi connectivity index (χ0v) is 24.0. The summed E-state index contributed by atoms with van der Waals surface area (Å²) >= 11 is 1.95.